The van der Waals surface area contributed by atoms with E-state index in [1.54, 1.807) is 12.1 Å². The number of benzene rings is 1. The zero-order valence-electron chi connectivity index (χ0n) is 15.0. The average Bonchev–Trinajstić information content (AvgIpc) is 2.55. The molecule has 1 heterocycles. The summed E-state index contributed by atoms with van der Waals surface area (Å²) in [5.41, 5.74) is -0.142. The van der Waals surface area contributed by atoms with Gasteiger partial charge in [-0.25, -0.2) is 8.78 Å². The molecule has 0 aromatic heterocycles. The molecule has 0 spiro atoms. The lowest BCUT2D eigenvalue weighted by Gasteiger charge is -2.42. The van der Waals surface area contributed by atoms with E-state index in [0.29, 0.717) is 31.1 Å². The summed E-state index contributed by atoms with van der Waals surface area (Å²) in [4.78, 5) is 14.6. The molecule has 1 aliphatic rings. The van der Waals surface area contributed by atoms with Crippen LogP contribution >= 0.6 is 0 Å². The lowest BCUT2D eigenvalue weighted by atomic mass is 9.86. The normalized spacial score (nSPS) is 17.3. The van der Waals surface area contributed by atoms with Crippen LogP contribution in [0.2, 0.25) is 0 Å². The van der Waals surface area contributed by atoms with Crippen molar-refractivity contribution in [2.45, 2.75) is 52.0 Å². The first kappa shape index (κ1) is 18.8. The number of rotatable bonds is 5. The minimum absolute atomic E-state index is 0.00600. The van der Waals surface area contributed by atoms with Crippen LogP contribution in [0.3, 0.4) is 0 Å². The van der Waals surface area contributed by atoms with Crippen LogP contribution < -0.4 is 5.32 Å². The Morgan fingerprint density at radius 2 is 1.92 bits per heavy atom. The second-order valence-corrected chi connectivity index (χ2v) is 7.57. The van der Waals surface area contributed by atoms with Crippen molar-refractivity contribution in [3.63, 3.8) is 0 Å². The smallest absolute Gasteiger partial charge is 0.239 e. The maximum absolute atomic E-state index is 14.0. The van der Waals surface area contributed by atoms with Crippen LogP contribution in [0.5, 0.6) is 0 Å². The van der Waals surface area contributed by atoms with Gasteiger partial charge in [-0.2, -0.15) is 0 Å². The van der Waals surface area contributed by atoms with Crippen LogP contribution in [-0.4, -0.2) is 36.0 Å². The van der Waals surface area contributed by atoms with Gasteiger partial charge in [-0.3, -0.25) is 9.69 Å². The van der Waals surface area contributed by atoms with Gasteiger partial charge in [0.15, 0.2) is 11.6 Å². The van der Waals surface area contributed by atoms with Crippen molar-refractivity contribution in [1.29, 1.82) is 0 Å². The first-order valence-electron chi connectivity index (χ1n) is 8.70. The standard InChI is InChI=1S/C19H28F2N2O/c1-13(2)12-22-18(24)19(3,4)23-10-8-14(9-11-23)15-6-5-7-16(20)17(15)21/h5-7,13-14H,8-12H2,1-4H3,(H,22,24). The van der Waals surface area contributed by atoms with Gasteiger partial charge < -0.3 is 5.32 Å². The van der Waals surface area contributed by atoms with Crippen LogP contribution in [0.25, 0.3) is 0 Å². The molecule has 0 bridgehead atoms. The maximum Gasteiger partial charge on any atom is 0.239 e. The highest BCUT2D eigenvalue weighted by atomic mass is 19.2. The summed E-state index contributed by atoms with van der Waals surface area (Å²) in [5, 5.41) is 2.99. The monoisotopic (exact) mass is 338 g/mol. The van der Waals surface area contributed by atoms with E-state index >= 15 is 0 Å². The highest BCUT2D eigenvalue weighted by Gasteiger charge is 2.37. The Morgan fingerprint density at radius 1 is 1.29 bits per heavy atom. The first-order chi connectivity index (χ1) is 11.2. The van der Waals surface area contributed by atoms with Crippen LogP contribution in [0, 0.1) is 17.6 Å². The number of halogens is 2. The SMILES string of the molecule is CC(C)CNC(=O)C(C)(C)N1CCC(c2cccc(F)c2F)CC1. The quantitative estimate of drug-likeness (QED) is 0.888. The second kappa shape index (κ2) is 7.60. The third-order valence-electron chi connectivity index (χ3n) is 4.93. The number of carbonyl (C=O) groups is 1. The summed E-state index contributed by atoms with van der Waals surface area (Å²) in [7, 11) is 0. The van der Waals surface area contributed by atoms with E-state index in [2.05, 4.69) is 24.1 Å². The van der Waals surface area contributed by atoms with E-state index in [0.717, 1.165) is 18.9 Å². The predicted octanol–water partition coefficient (Wildman–Crippen LogP) is 3.70. The van der Waals surface area contributed by atoms with E-state index in [1.807, 2.05) is 13.8 Å². The van der Waals surface area contributed by atoms with Crippen molar-refractivity contribution in [3.05, 3.63) is 35.4 Å². The minimum atomic E-state index is -0.789. The van der Waals surface area contributed by atoms with Crippen LogP contribution in [0.4, 0.5) is 8.78 Å². The number of amides is 1. The molecule has 0 aliphatic carbocycles. The molecule has 2 rings (SSSR count). The van der Waals surface area contributed by atoms with Gasteiger partial charge in [-0.1, -0.05) is 26.0 Å². The topological polar surface area (TPSA) is 32.3 Å². The summed E-state index contributed by atoms with van der Waals surface area (Å²) in [6.45, 7) is 10.0. The lowest BCUT2D eigenvalue weighted by Crippen LogP contribution is -2.57. The van der Waals surface area contributed by atoms with Gasteiger partial charge >= 0.3 is 0 Å². The van der Waals surface area contributed by atoms with Crippen LogP contribution in [0.1, 0.15) is 52.0 Å². The molecule has 0 atom stereocenters. The highest BCUT2D eigenvalue weighted by molar-refractivity contribution is 5.85. The molecule has 1 aromatic carbocycles. The number of hydrogen-bond donors (Lipinski definition) is 1. The Balaban J connectivity index is 1.98. The van der Waals surface area contributed by atoms with Gasteiger partial charge in [-0.05, 0) is 63.2 Å². The summed E-state index contributed by atoms with van der Waals surface area (Å²) in [6, 6.07) is 4.37. The number of hydrogen-bond acceptors (Lipinski definition) is 2. The number of likely N-dealkylation sites (tertiary alicyclic amines) is 1. The Labute approximate surface area is 143 Å². The molecule has 1 saturated heterocycles. The highest BCUT2D eigenvalue weighted by Crippen LogP contribution is 2.33. The fourth-order valence-corrected chi connectivity index (χ4v) is 3.24. The Hall–Kier alpha value is -1.49. The van der Waals surface area contributed by atoms with Crippen LogP contribution in [-0.2, 0) is 4.79 Å². The summed E-state index contributed by atoms with van der Waals surface area (Å²) >= 11 is 0. The van der Waals surface area contributed by atoms with Crippen molar-refractivity contribution in [2.75, 3.05) is 19.6 Å². The molecule has 5 heteroatoms. The molecule has 1 aliphatic heterocycles. The molecular formula is C19H28F2N2O. The van der Waals surface area contributed by atoms with Gasteiger partial charge in [0.2, 0.25) is 5.91 Å². The lowest BCUT2D eigenvalue weighted by molar-refractivity contribution is -0.132. The molecule has 134 valence electrons. The molecule has 3 nitrogen and oxygen atoms in total. The van der Waals surface area contributed by atoms with Crippen molar-refractivity contribution in [1.82, 2.24) is 10.2 Å². The summed E-state index contributed by atoms with van der Waals surface area (Å²) in [6.07, 6.45) is 1.45. The molecular weight excluding hydrogens is 310 g/mol. The van der Waals surface area contributed by atoms with Gasteiger partial charge in [0, 0.05) is 6.54 Å². The average molecular weight is 338 g/mol. The third-order valence-corrected chi connectivity index (χ3v) is 4.93. The van der Waals surface area contributed by atoms with Crippen molar-refractivity contribution < 1.29 is 13.6 Å². The summed E-state index contributed by atoms with van der Waals surface area (Å²) in [5.74, 6) is -1.09. The third kappa shape index (κ3) is 4.12. The Kier molecular flexibility index (Phi) is 5.97. The molecule has 0 radical (unpaired) electrons. The van der Waals surface area contributed by atoms with E-state index in [9.17, 15) is 13.6 Å². The minimum Gasteiger partial charge on any atom is -0.354 e. The number of carbonyl (C=O) groups excluding carboxylic acids is 1. The molecule has 24 heavy (non-hydrogen) atoms. The molecule has 1 amide bonds. The van der Waals surface area contributed by atoms with Gasteiger partial charge in [0.1, 0.15) is 0 Å². The number of nitrogens with zero attached hydrogens (tertiary/aromatic N) is 1. The Morgan fingerprint density at radius 3 is 2.50 bits per heavy atom. The molecule has 1 fully saturated rings. The van der Waals surface area contributed by atoms with Crippen LogP contribution in [0.15, 0.2) is 18.2 Å². The fourth-order valence-electron chi connectivity index (χ4n) is 3.24. The Bertz CT molecular complexity index is 579. The molecule has 0 saturated carbocycles. The summed E-state index contributed by atoms with van der Waals surface area (Å²) < 4.78 is 27.4. The predicted molar refractivity (Wildman–Crippen MR) is 91.8 cm³/mol. The van der Waals surface area contributed by atoms with Crippen molar-refractivity contribution >= 4 is 5.91 Å². The fraction of sp³-hybridized carbons (Fsp3) is 0.632. The van der Waals surface area contributed by atoms with Crippen molar-refractivity contribution in [3.8, 4) is 0 Å². The zero-order chi connectivity index (χ0) is 17.9. The van der Waals surface area contributed by atoms with E-state index in [-0.39, 0.29) is 11.8 Å². The van der Waals surface area contributed by atoms with Gasteiger partial charge in [0.25, 0.3) is 0 Å². The molecule has 0 unspecified atom stereocenters. The van der Waals surface area contributed by atoms with Gasteiger partial charge in [-0.15, -0.1) is 0 Å². The van der Waals surface area contributed by atoms with E-state index < -0.39 is 17.2 Å². The van der Waals surface area contributed by atoms with E-state index in [1.165, 1.54) is 0 Å². The largest absolute Gasteiger partial charge is 0.354 e. The maximum atomic E-state index is 14.0. The molecule has 1 aromatic rings. The van der Waals surface area contributed by atoms with E-state index in [4.69, 9.17) is 0 Å². The number of piperidine rings is 1. The molecule has 1 N–H and O–H groups in total. The number of nitrogens with one attached hydrogen (secondary N) is 1. The zero-order valence-corrected chi connectivity index (χ0v) is 15.0. The second-order valence-electron chi connectivity index (χ2n) is 7.57. The van der Waals surface area contributed by atoms with Crippen molar-refractivity contribution in [2.24, 2.45) is 5.92 Å². The van der Waals surface area contributed by atoms with Gasteiger partial charge in [0.05, 0.1) is 5.54 Å². The first-order valence-corrected chi connectivity index (χ1v) is 8.70.